The minimum atomic E-state index is -1.10. The molecule has 0 fully saturated rings. The Morgan fingerprint density at radius 1 is 1.15 bits per heavy atom. The van der Waals surface area contributed by atoms with Crippen molar-refractivity contribution in [1.29, 1.82) is 0 Å². The summed E-state index contributed by atoms with van der Waals surface area (Å²) in [5, 5.41) is 0. The molecule has 142 valence electrons. The van der Waals surface area contributed by atoms with Gasteiger partial charge in [0.05, 0.1) is 0 Å². The van der Waals surface area contributed by atoms with Crippen molar-refractivity contribution in [2.45, 2.75) is 33.1 Å². The second kappa shape index (κ2) is 7.91. The first kappa shape index (κ1) is 19.1. The fourth-order valence-corrected chi connectivity index (χ4v) is 3.60. The molecule has 2 heterocycles. The van der Waals surface area contributed by atoms with Crippen molar-refractivity contribution in [2.75, 3.05) is 25.0 Å². The average Bonchev–Trinajstić information content (AvgIpc) is 2.71. The maximum atomic E-state index is 13.3. The smallest absolute Gasteiger partial charge is 0.242 e. The van der Waals surface area contributed by atoms with E-state index < -0.39 is 5.41 Å². The zero-order valence-electron chi connectivity index (χ0n) is 16.3. The first-order valence-corrected chi connectivity index (χ1v) is 9.45. The summed E-state index contributed by atoms with van der Waals surface area (Å²) in [6, 6.07) is 11.9. The highest BCUT2D eigenvalue weighted by atomic mass is 16.2. The van der Waals surface area contributed by atoms with Crippen LogP contribution in [0, 0.1) is 5.41 Å². The Balaban J connectivity index is 1.71. The molecule has 0 bridgehead atoms. The third kappa shape index (κ3) is 4.02. The van der Waals surface area contributed by atoms with E-state index in [4.69, 9.17) is 0 Å². The summed E-state index contributed by atoms with van der Waals surface area (Å²) in [6.45, 7) is 4.69. The van der Waals surface area contributed by atoms with E-state index in [0.717, 1.165) is 30.5 Å². The third-order valence-electron chi connectivity index (χ3n) is 5.26. The van der Waals surface area contributed by atoms with Crippen molar-refractivity contribution >= 4 is 17.5 Å². The molecule has 5 nitrogen and oxygen atoms in total. The molecule has 0 unspecified atom stereocenters. The van der Waals surface area contributed by atoms with E-state index in [1.54, 1.807) is 43.1 Å². The molecule has 5 heteroatoms. The zero-order valence-corrected chi connectivity index (χ0v) is 16.3. The molecule has 2 amide bonds. The van der Waals surface area contributed by atoms with E-state index in [2.05, 4.69) is 11.1 Å². The summed E-state index contributed by atoms with van der Waals surface area (Å²) in [7, 11) is 1.77. The normalized spacial score (nSPS) is 13.8. The van der Waals surface area contributed by atoms with E-state index in [0.29, 0.717) is 13.1 Å². The number of nitrogens with zero attached hydrogens (tertiary/aromatic N) is 3. The highest BCUT2D eigenvalue weighted by molar-refractivity contribution is 6.11. The maximum absolute atomic E-state index is 13.3. The van der Waals surface area contributed by atoms with Crippen LogP contribution in [-0.2, 0) is 22.4 Å². The molecular weight excluding hydrogens is 338 g/mol. The van der Waals surface area contributed by atoms with Gasteiger partial charge in [-0.3, -0.25) is 14.6 Å². The largest absolute Gasteiger partial charge is 0.345 e. The Labute approximate surface area is 161 Å². The van der Waals surface area contributed by atoms with Crippen LogP contribution in [0.15, 0.2) is 48.8 Å². The summed E-state index contributed by atoms with van der Waals surface area (Å²) in [5.74, 6) is -0.278. The number of rotatable bonds is 5. The van der Waals surface area contributed by atoms with Gasteiger partial charge < -0.3 is 9.80 Å². The van der Waals surface area contributed by atoms with Gasteiger partial charge in [-0.05, 0) is 62.4 Å². The summed E-state index contributed by atoms with van der Waals surface area (Å²) in [6.07, 6.45) is 6.13. The van der Waals surface area contributed by atoms with Gasteiger partial charge in [0.1, 0.15) is 5.41 Å². The standard InChI is InChI=1S/C22H27N3O2/c1-22(2,20(26)24(3)16-12-17-10-13-23-14-11-17)21(27)25-15-6-8-18-7-4-5-9-19(18)25/h4-5,7,9-11,13-14H,6,8,12,15-16H2,1-3H3. The summed E-state index contributed by atoms with van der Waals surface area (Å²) >= 11 is 0. The average molecular weight is 365 g/mol. The molecule has 1 aromatic carbocycles. The molecule has 0 N–H and O–H groups in total. The van der Waals surface area contributed by atoms with Crippen molar-refractivity contribution < 1.29 is 9.59 Å². The summed E-state index contributed by atoms with van der Waals surface area (Å²) in [5.41, 5.74) is 2.14. The van der Waals surface area contributed by atoms with Gasteiger partial charge in [-0.15, -0.1) is 0 Å². The Hall–Kier alpha value is -2.69. The fourth-order valence-electron chi connectivity index (χ4n) is 3.60. The van der Waals surface area contributed by atoms with Crippen LogP contribution in [0.2, 0.25) is 0 Å². The lowest BCUT2D eigenvalue weighted by molar-refractivity contribution is -0.146. The first-order valence-electron chi connectivity index (χ1n) is 9.45. The second-order valence-corrected chi connectivity index (χ2v) is 7.65. The van der Waals surface area contributed by atoms with Crippen LogP contribution in [0.25, 0.3) is 0 Å². The Kier molecular flexibility index (Phi) is 5.59. The van der Waals surface area contributed by atoms with Crippen LogP contribution < -0.4 is 4.90 Å². The third-order valence-corrected chi connectivity index (χ3v) is 5.26. The van der Waals surface area contributed by atoms with E-state index in [1.165, 1.54) is 5.56 Å². The first-order chi connectivity index (χ1) is 12.9. The minimum Gasteiger partial charge on any atom is -0.345 e. The van der Waals surface area contributed by atoms with E-state index in [1.807, 2.05) is 30.3 Å². The van der Waals surface area contributed by atoms with Crippen LogP contribution in [0.3, 0.4) is 0 Å². The van der Waals surface area contributed by atoms with Gasteiger partial charge in [-0.2, -0.15) is 0 Å². The quantitative estimate of drug-likeness (QED) is 0.765. The van der Waals surface area contributed by atoms with Crippen LogP contribution in [-0.4, -0.2) is 41.8 Å². The number of likely N-dealkylation sites (N-methyl/N-ethyl adjacent to an activating group) is 1. The highest BCUT2D eigenvalue weighted by Gasteiger charge is 2.42. The van der Waals surface area contributed by atoms with Crippen molar-refractivity contribution in [1.82, 2.24) is 9.88 Å². The van der Waals surface area contributed by atoms with Crippen LogP contribution in [0.4, 0.5) is 5.69 Å². The predicted molar refractivity (Wildman–Crippen MR) is 106 cm³/mol. The van der Waals surface area contributed by atoms with Gasteiger partial charge in [0.25, 0.3) is 0 Å². The number of para-hydroxylation sites is 1. The van der Waals surface area contributed by atoms with Gasteiger partial charge in [-0.25, -0.2) is 0 Å². The number of benzene rings is 1. The molecule has 1 aromatic heterocycles. The van der Waals surface area contributed by atoms with Crippen LogP contribution >= 0.6 is 0 Å². The summed E-state index contributed by atoms with van der Waals surface area (Å²) < 4.78 is 0. The molecule has 1 aliphatic heterocycles. The number of aryl methyl sites for hydroxylation is 1. The SMILES string of the molecule is CN(CCc1ccncc1)C(=O)C(C)(C)C(=O)N1CCCc2ccccc21. The highest BCUT2D eigenvalue weighted by Crippen LogP contribution is 2.31. The molecular formula is C22H27N3O2. The van der Waals surface area contributed by atoms with E-state index in [9.17, 15) is 9.59 Å². The number of anilines is 1. The monoisotopic (exact) mass is 365 g/mol. The van der Waals surface area contributed by atoms with Crippen molar-refractivity contribution in [2.24, 2.45) is 5.41 Å². The van der Waals surface area contributed by atoms with E-state index >= 15 is 0 Å². The van der Waals surface area contributed by atoms with Crippen LogP contribution in [0.1, 0.15) is 31.4 Å². The molecule has 3 rings (SSSR count). The Bertz CT molecular complexity index is 817. The lowest BCUT2D eigenvalue weighted by Gasteiger charge is -2.36. The maximum Gasteiger partial charge on any atom is 0.242 e. The zero-order chi connectivity index (χ0) is 19.4. The number of hydrogen-bond donors (Lipinski definition) is 0. The summed E-state index contributed by atoms with van der Waals surface area (Å²) in [4.78, 5) is 33.8. The Morgan fingerprint density at radius 3 is 2.59 bits per heavy atom. The molecule has 2 aromatic rings. The molecule has 0 aliphatic carbocycles. The van der Waals surface area contributed by atoms with Crippen LogP contribution in [0.5, 0.6) is 0 Å². The molecule has 0 spiro atoms. The number of aromatic nitrogens is 1. The minimum absolute atomic E-state index is 0.129. The van der Waals surface area contributed by atoms with Crippen molar-refractivity contribution in [3.05, 3.63) is 59.9 Å². The number of carbonyl (C=O) groups is 2. The van der Waals surface area contributed by atoms with Crippen molar-refractivity contribution in [3.8, 4) is 0 Å². The number of amides is 2. The van der Waals surface area contributed by atoms with Gasteiger partial charge in [0.15, 0.2) is 0 Å². The second-order valence-electron chi connectivity index (χ2n) is 7.65. The lowest BCUT2D eigenvalue weighted by Crippen LogP contribution is -2.51. The van der Waals surface area contributed by atoms with Gasteiger partial charge in [0.2, 0.25) is 11.8 Å². The number of fused-ring (bicyclic) bond motifs is 1. The number of pyridine rings is 1. The fraction of sp³-hybridized carbons (Fsp3) is 0.409. The number of carbonyl (C=O) groups excluding carboxylic acids is 2. The molecule has 27 heavy (non-hydrogen) atoms. The van der Waals surface area contributed by atoms with Gasteiger partial charge >= 0.3 is 0 Å². The molecule has 0 atom stereocenters. The van der Waals surface area contributed by atoms with E-state index in [-0.39, 0.29) is 11.8 Å². The van der Waals surface area contributed by atoms with Crippen molar-refractivity contribution in [3.63, 3.8) is 0 Å². The van der Waals surface area contributed by atoms with Gasteiger partial charge in [-0.1, -0.05) is 18.2 Å². The predicted octanol–water partition coefficient (Wildman–Crippen LogP) is 3.09. The molecule has 0 saturated heterocycles. The lowest BCUT2D eigenvalue weighted by atomic mass is 9.88. The molecule has 0 saturated carbocycles. The topological polar surface area (TPSA) is 53.5 Å². The number of hydrogen-bond acceptors (Lipinski definition) is 3. The Morgan fingerprint density at radius 2 is 1.85 bits per heavy atom. The molecule has 0 radical (unpaired) electrons. The molecule has 1 aliphatic rings. The van der Waals surface area contributed by atoms with Gasteiger partial charge in [0, 0.05) is 38.2 Å².